The minimum atomic E-state index is 0.213. The van der Waals surface area contributed by atoms with Crippen LogP contribution in [0.3, 0.4) is 0 Å². The van der Waals surface area contributed by atoms with E-state index in [1.807, 2.05) is 0 Å². The Kier molecular flexibility index (Phi) is 4.43. The van der Waals surface area contributed by atoms with Crippen LogP contribution in [0, 0.1) is 19.8 Å². The first-order valence-electron chi connectivity index (χ1n) is 7.72. The van der Waals surface area contributed by atoms with E-state index in [0.29, 0.717) is 0 Å². The van der Waals surface area contributed by atoms with Gasteiger partial charge in [-0.05, 0) is 88.6 Å². The molecule has 1 aromatic rings. The molecule has 2 atom stereocenters. The fourth-order valence-electron chi connectivity index (χ4n) is 3.09. The highest BCUT2D eigenvalue weighted by molar-refractivity contribution is 5.43. The van der Waals surface area contributed by atoms with Gasteiger partial charge in [0.15, 0.2) is 0 Å². The zero-order valence-corrected chi connectivity index (χ0v) is 13.8. The topological polar surface area (TPSA) is 21.3 Å². The molecule has 1 aliphatic rings. The van der Waals surface area contributed by atoms with Crippen molar-refractivity contribution in [1.82, 2.24) is 5.32 Å². The molecule has 0 aromatic heterocycles. The quantitative estimate of drug-likeness (QED) is 0.889. The highest BCUT2D eigenvalue weighted by Crippen LogP contribution is 2.44. The van der Waals surface area contributed by atoms with E-state index in [1.165, 1.54) is 29.5 Å². The van der Waals surface area contributed by atoms with E-state index in [4.69, 9.17) is 4.74 Å². The molecule has 112 valence electrons. The van der Waals surface area contributed by atoms with Crippen LogP contribution < -0.4 is 10.1 Å². The molecule has 0 spiro atoms. The van der Waals surface area contributed by atoms with Crippen LogP contribution in [0.5, 0.6) is 5.75 Å². The minimum absolute atomic E-state index is 0.213. The predicted molar refractivity (Wildman–Crippen MR) is 85.7 cm³/mol. The number of aryl methyl sites for hydroxylation is 2. The third-order valence-corrected chi connectivity index (χ3v) is 4.50. The molecule has 2 heteroatoms. The Morgan fingerprint density at radius 2 is 1.85 bits per heavy atom. The molecule has 2 nitrogen and oxygen atoms in total. The maximum absolute atomic E-state index is 5.42. The van der Waals surface area contributed by atoms with E-state index in [1.54, 1.807) is 7.11 Å². The maximum atomic E-state index is 5.42. The lowest BCUT2D eigenvalue weighted by Gasteiger charge is -2.40. The van der Waals surface area contributed by atoms with Gasteiger partial charge < -0.3 is 10.1 Å². The number of benzene rings is 1. The van der Waals surface area contributed by atoms with Gasteiger partial charge in [-0.15, -0.1) is 0 Å². The smallest absolute Gasteiger partial charge is 0.122 e. The second kappa shape index (κ2) is 5.77. The van der Waals surface area contributed by atoms with Gasteiger partial charge in [-0.1, -0.05) is 6.07 Å². The monoisotopic (exact) mass is 275 g/mol. The number of hydrogen-bond donors (Lipinski definition) is 1. The molecule has 0 bridgehead atoms. The van der Waals surface area contributed by atoms with Crippen molar-refractivity contribution in [3.8, 4) is 5.75 Å². The maximum Gasteiger partial charge on any atom is 0.122 e. The number of nitrogens with one attached hydrogen (secondary N) is 1. The van der Waals surface area contributed by atoms with Gasteiger partial charge >= 0.3 is 0 Å². The van der Waals surface area contributed by atoms with Crippen LogP contribution in [-0.2, 0) is 0 Å². The summed E-state index contributed by atoms with van der Waals surface area (Å²) in [5, 5.41) is 3.66. The van der Waals surface area contributed by atoms with E-state index in [9.17, 15) is 0 Å². The van der Waals surface area contributed by atoms with Gasteiger partial charge in [0.05, 0.1) is 7.11 Å². The molecule has 1 N–H and O–H groups in total. The van der Waals surface area contributed by atoms with Crippen LogP contribution >= 0.6 is 0 Å². The average Bonchev–Trinajstić information content (AvgIpc) is 2.30. The Balaban J connectivity index is 2.10. The van der Waals surface area contributed by atoms with Crippen molar-refractivity contribution in [1.29, 1.82) is 0 Å². The summed E-state index contributed by atoms with van der Waals surface area (Å²) in [4.78, 5) is 0. The first kappa shape index (κ1) is 15.4. The molecule has 0 aliphatic heterocycles. The molecule has 1 aliphatic carbocycles. The Labute approximate surface area is 123 Å². The summed E-state index contributed by atoms with van der Waals surface area (Å²) in [6.07, 6.45) is 2.67. The second-order valence-electron chi connectivity index (χ2n) is 7.25. The summed E-state index contributed by atoms with van der Waals surface area (Å²) in [6.45, 7) is 12.2. The zero-order chi connectivity index (χ0) is 14.9. The van der Waals surface area contributed by atoms with Gasteiger partial charge in [0, 0.05) is 5.54 Å². The van der Waals surface area contributed by atoms with Gasteiger partial charge in [-0.2, -0.15) is 0 Å². The largest absolute Gasteiger partial charge is 0.496 e. The summed E-state index contributed by atoms with van der Waals surface area (Å²) in [7, 11) is 1.75. The number of methoxy groups -OCH3 is 1. The molecule has 2 rings (SSSR count). The van der Waals surface area contributed by atoms with Crippen molar-refractivity contribution in [2.24, 2.45) is 5.92 Å². The van der Waals surface area contributed by atoms with E-state index in [2.05, 4.69) is 52.1 Å². The van der Waals surface area contributed by atoms with Crippen LogP contribution in [0.1, 0.15) is 56.2 Å². The van der Waals surface area contributed by atoms with Crippen LogP contribution in [0.4, 0.5) is 0 Å². The van der Waals surface area contributed by atoms with Gasteiger partial charge in [0.1, 0.15) is 5.75 Å². The summed E-state index contributed by atoms with van der Waals surface area (Å²) in [5.74, 6) is 2.50. The fourth-order valence-corrected chi connectivity index (χ4v) is 3.09. The van der Waals surface area contributed by atoms with E-state index < -0.39 is 0 Å². The van der Waals surface area contributed by atoms with E-state index >= 15 is 0 Å². The molecule has 0 saturated heterocycles. The van der Waals surface area contributed by atoms with Crippen molar-refractivity contribution in [2.45, 2.75) is 58.9 Å². The Hall–Kier alpha value is -1.02. The average molecular weight is 275 g/mol. The lowest BCUT2D eigenvalue weighted by molar-refractivity contribution is 0.225. The van der Waals surface area contributed by atoms with Gasteiger partial charge in [0.2, 0.25) is 0 Å². The Morgan fingerprint density at radius 3 is 2.35 bits per heavy atom. The predicted octanol–water partition coefficient (Wildman–Crippen LogP) is 4.19. The van der Waals surface area contributed by atoms with Crippen molar-refractivity contribution in [2.75, 3.05) is 13.7 Å². The van der Waals surface area contributed by atoms with Crippen molar-refractivity contribution < 1.29 is 4.74 Å². The van der Waals surface area contributed by atoms with Crippen LogP contribution in [0.25, 0.3) is 0 Å². The fraction of sp³-hybridized carbons (Fsp3) is 0.667. The highest BCUT2D eigenvalue weighted by Gasteiger charge is 2.33. The van der Waals surface area contributed by atoms with E-state index in [-0.39, 0.29) is 5.54 Å². The number of ether oxygens (including phenoxy) is 1. The lowest BCUT2D eigenvalue weighted by atomic mass is 9.68. The summed E-state index contributed by atoms with van der Waals surface area (Å²) < 4.78 is 5.42. The zero-order valence-electron chi connectivity index (χ0n) is 13.8. The molecule has 0 radical (unpaired) electrons. The standard InChI is InChI=1S/C18H29NO/c1-12-10-17(20-6)13(2)9-16(12)15-8-7-14(15)11-19-18(3,4)5/h9-10,14-15,19H,7-8,11H2,1-6H3. The molecule has 1 aromatic carbocycles. The normalized spacial score (nSPS) is 22.5. The van der Waals surface area contributed by atoms with Crippen molar-refractivity contribution in [3.05, 3.63) is 28.8 Å². The van der Waals surface area contributed by atoms with Gasteiger partial charge in [-0.25, -0.2) is 0 Å². The molecule has 20 heavy (non-hydrogen) atoms. The van der Waals surface area contributed by atoms with Crippen molar-refractivity contribution in [3.63, 3.8) is 0 Å². The number of rotatable bonds is 4. The molecular formula is C18H29NO. The Bertz CT molecular complexity index is 473. The molecule has 2 unspecified atom stereocenters. The van der Waals surface area contributed by atoms with E-state index in [0.717, 1.165) is 24.1 Å². The molecular weight excluding hydrogens is 246 g/mol. The SMILES string of the molecule is COc1cc(C)c(C2CCC2CNC(C)(C)C)cc1C. The van der Waals surface area contributed by atoms with Gasteiger partial charge in [0.25, 0.3) is 0 Å². The highest BCUT2D eigenvalue weighted by atomic mass is 16.5. The first-order chi connectivity index (χ1) is 9.31. The molecule has 0 amide bonds. The van der Waals surface area contributed by atoms with Crippen molar-refractivity contribution >= 4 is 0 Å². The van der Waals surface area contributed by atoms with Gasteiger partial charge in [-0.3, -0.25) is 0 Å². The first-order valence-corrected chi connectivity index (χ1v) is 7.72. The van der Waals surface area contributed by atoms with Crippen LogP contribution in [-0.4, -0.2) is 19.2 Å². The third kappa shape index (κ3) is 3.35. The second-order valence-corrected chi connectivity index (χ2v) is 7.25. The third-order valence-electron chi connectivity index (χ3n) is 4.50. The molecule has 0 heterocycles. The molecule has 1 saturated carbocycles. The summed E-state index contributed by atoms with van der Waals surface area (Å²) in [5.41, 5.74) is 4.36. The van der Waals surface area contributed by atoms with Crippen LogP contribution in [0.2, 0.25) is 0 Å². The lowest BCUT2D eigenvalue weighted by Crippen LogP contribution is -2.43. The Morgan fingerprint density at radius 1 is 1.15 bits per heavy atom. The van der Waals surface area contributed by atoms with Crippen LogP contribution in [0.15, 0.2) is 12.1 Å². The summed E-state index contributed by atoms with van der Waals surface area (Å²) >= 11 is 0. The number of hydrogen-bond acceptors (Lipinski definition) is 2. The minimum Gasteiger partial charge on any atom is -0.496 e. The summed E-state index contributed by atoms with van der Waals surface area (Å²) in [6, 6.07) is 4.53. The molecule has 1 fully saturated rings.